The monoisotopic (exact) mass is 260 g/mol. The fourth-order valence-corrected chi connectivity index (χ4v) is 1.92. The van der Waals surface area contributed by atoms with Crippen LogP contribution in [0.2, 0.25) is 5.02 Å². The molecule has 0 amide bonds. The zero-order chi connectivity index (χ0) is 12.5. The SMILES string of the molecule is O=c1[nH]cnc2c1ncn2Cc1ccc(Cl)cc1. The third-order valence-corrected chi connectivity index (χ3v) is 2.93. The number of hydrogen-bond acceptors (Lipinski definition) is 3. The molecule has 1 aromatic carbocycles. The van der Waals surface area contributed by atoms with Crippen LogP contribution in [0.15, 0.2) is 41.7 Å². The molecule has 0 atom stereocenters. The van der Waals surface area contributed by atoms with E-state index in [-0.39, 0.29) is 5.56 Å². The average Bonchev–Trinajstić information content (AvgIpc) is 2.77. The van der Waals surface area contributed by atoms with E-state index in [1.54, 1.807) is 6.33 Å². The van der Waals surface area contributed by atoms with Gasteiger partial charge in [-0.1, -0.05) is 23.7 Å². The largest absolute Gasteiger partial charge is 0.311 e. The first kappa shape index (κ1) is 11.0. The molecule has 0 aliphatic heterocycles. The molecule has 1 N–H and O–H groups in total. The van der Waals surface area contributed by atoms with Crippen LogP contribution in [0.1, 0.15) is 5.56 Å². The topological polar surface area (TPSA) is 63.6 Å². The number of fused-ring (bicyclic) bond motifs is 1. The van der Waals surface area contributed by atoms with Gasteiger partial charge in [0, 0.05) is 5.02 Å². The summed E-state index contributed by atoms with van der Waals surface area (Å²) in [4.78, 5) is 22.2. The predicted molar refractivity (Wildman–Crippen MR) is 68.7 cm³/mol. The van der Waals surface area contributed by atoms with Crippen molar-refractivity contribution in [3.05, 3.63) is 57.9 Å². The molecule has 90 valence electrons. The Hall–Kier alpha value is -2.14. The number of aromatic nitrogens is 4. The quantitative estimate of drug-likeness (QED) is 0.764. The molecule has 0 spiro atoms. The van der Waals surface area contributed by atoms with E-state index in [2.05, 4.69) is 15.0 Å². The second kappa shape index (κ2) is 4.27. The van der Waals surface area contributed by atoms with Crippen LogP contribution in [0.5, 0.6) is 0 Å². The highest BCUT2D eigenvalue weighted by Gasteiger charge is 2.07. The van der Waals surface area contributed by atoms with Crippen LogP contribution >= 0.6 is 11.6 Å². The van der Waals surface area contributed by atoms with E-state index < -0.39 is 0 Å². The fourth-order valence-electron chi connectivity index (χ4n) is 1.79. The van der Waals surface area contributed by atoms with Crippen molar-refractivity contribution in [3.8, 4) is 0 Å². The van der Waals surface area contributed by atoms with Gasteiger partial charge < -0.3 is 9.55 Å². The lowest BCUT2D eigenvalue weighted by molar-refractivity contribution is 0.813. The molecule has 5 nitrogen and oxygen atoms in total. The summed E-state index contributed by atoms with van der Waals surface area (Å²) in [6.07, 6.45) is 2.99. The van der Waals surface area contributed by atoms with Crippen molar-refractivity contribution < 1.29 is 0 Å². The second-order valence-corrected chi connectivity index (χ2v) is 4.34. The van der Waals surface area contributed by atoms with Gasteiger partial charge in [-0.25, -0.2) is 9.97 Å². The Labute approximate surface area is 107 Å². The first-order valence-corrected chi connectivity index (χ1v) is 5.75. The minimum absolute atomic E-state index is 0.227. The van der Waals surface area contributed by atoms with Crippen molar-refractivity contribution in [3.63, 3.8) is 0 Å². The van der Waals surface area contributed by atoms with Crippen LogP contribution in [0.3, 0.4) is 0 Å². The van der Waals surface area contributed by atoms with E-state index in [1.807, 2.05) is 28.8 Å². The maximum absolute atomic E-state index is 11.5. The summed E-state index contributed by atoms with van der Waals surface area (Å²) in [7, 11) is 0. The first-order valence-electron chi connectivity index (χ1n) is 5.37. The lowest BCUT2D eigenvalue weighted by atomic mass is 10.2. The Bertz CT molecular complexity index is 745. The second-order valence-electron chi connectivity index (χ2n) is 3.90. The standard InChI is InChI=1S/C12H9ClN4O/c13-9-3-1-8(2-4-9)5-17-7-16-10-11(17)14-6-15-12(10)18/h1-4,6-7H,5H2,(H,14,15,18). The van der Waals surface area contributed by atoms with Crippen LogP contribution in [0.25, 0.3) is 11.2 Å². The third-order valence-electron chi connectivity index (χ3n) is 2.67. The van der Waals surface area contributed by atoms with Gasteiger partial charge >= 0.3 is 0 Å². The smallest absolute Gasteiger partial charge is 0.278 e. The molecule has 0 aliphatic carbocycles. The number of H-pyrrole nitrogens is 1. The van der Waals surface area contributed by atoms with Crippen LogP contribution in [0.4, 0.5) is 0 Å². The molecule has 0 aliphatic rings. The lowest BCUT2D eigenvalue weighted by Gasteiger charge is -2.03. The Morgan fingerprint density at radius 3 is 2.78 bits per heavy atom. The summed E-state index contributed by atoms with van der Waals surface area (Å²) in [5.41, 5.74) is 1.77. The number of nitrogens with one attached hydrogen (secondary N) is 1. The van der Waals surface area contributed by atoms with Crippen molar-refractivity contribution in [1.82, 2.24) is 19.5 Å². The highest BCUT2D eigenvalue weighted by Crippen LogP contribution is 2.12. The predicted octanol–water partition coefficient (Wildman–Crippen LogP) is 1.82. The molecule has 18 heavy (non-hydrogen) atoms. The number of benzene rings is 1. The summed E-state index contributed by atoms with van der Waals surface area (Å²) < 4.78 is 1.83. The molecular formula is C12H9ClN4O. The molecule has 2 aromatic heterocycles. The molecule has 0 unspecified atom stereocenters. The van der Waals surface area contributed by atoms with E-state index >= 15 is 0 Å². The molecule has 0 saturated carbocycles. The zero-order valence-electron chi connectivity index (χ0n) is 9.30. The van der Waals surface area contributed by atoms with E-state index in [0.717, 1.165) is 5.56 Å². The molecule has 6 heteroatoms. The maximum atomic E-state index is 11.5. The van der Waals surface area contributed by atoms with E-state index in [4.69, 9.17) is 11.6 Å². The number of halogens is 1. The van der Waals surface area contributed by atoms with Gasteiger partial charge in [0.15, 0.2) is 11.2 Å². The van der Waals surface area contributed by atoms with Gasteiger partial charge in [0.25, 0.3) is 5.56 Å². The average molecular weight is 261 g/mol. The highest BCUT2D eigenvalue weighted by molar-refractivity contribution is 6.30. The number of imidazole rings is 1. The molecule has 0 radical (unpaired) electrons. The first-order chi connectivity index (χ1) is 8.74. The molecule has 0 fully saturated rings. The van der Waals surface area contributed by atoms with Crippen molar-refractivity contribution in [2.45, 2.75) is 6.54 Å². The van der Waals surface area contributed by atoms with Gasteiger partial charge in [0.1, 0.15) is 0 Å². The number of nitrogens with zero attached hydrogens (tertiary/aromatic N) is 3. The Morgan fingerprint density at radius 2 is 2.00 bits per heavy atom. The normalized spacial score (nSPS) is 10.9. The maximum Gasteiger partial charge on any atom is 0.278 e. The minimum atomic E-state index is -0.227. The summed E-state index contributed by atoms with van der Waals surface area (Å²) in [6, 6.07) is 7.52. The van der Waals surface area contributed by atoms with Crippen LogP contribution < -0.4 is 5.56 Å². The summed E-state index contributed by atoms with van der Waals surface area (Å²) in [5, 5.41) is 0.698. The van der Waals surface area contributed by atoms with Crippen molar-refractivity contribution in [1.29, 1.82) is 0 Å². The van der Waals surface area contributed by atoms with Gasteiger partial charge in [-0.3, -0.25) is 4.79 Å². The number of hydrogen-bond donors (Lipinski definition) is 1. The van der Waals surface area contributed by atoms with E-state index in [1.165, 1.54) is 6.33 Å². The fraction of sp³-hybridized carbons (Fsp3) is 0.0833. The van der Waals surface area contributed by atoms with Crippen molar-refractivity contribution in [2.24, 2.45) is 0 Å². The van der Waals surface area contributed by atoms with E-state index in [9.17, 15) is 4.79 Å². The highest BCUT2D eigenvalue weighted by atomic mass is 35.5. The van der Waals surface area contributed by atoms with Crippen molar-refractivity contribution >= 4 is 22.8 Å². The molecule has 3 rings (SSSR count). The molecule has 3 aromatic rings. The lowest BCUT2D eigenvalue weighted by Crippen LogP contribution is -2.07. The summed E-state index contributed by atoms with van der Waals surface area (Å²) in [5.74, 6) is 0. The van der Waals surface area contributed by atoms with Crippen LogP contribution in [-0.2, 0) is 6.54 Å². The minimum Gasteiger partial charge on any atom is -0.311 e. The van der Waals surface area contributed by atoms with Gasteiger partial charge in [0.05, 0.1) is 19.2 Å². The van der Waals surface area contributed by atoms with Gasteiger partial charge in [-0.2, -0.15) is 0 Å². The molecule has 0 saturated heterocycles. The number of aromatic amines is 1. The van der Waals surface area contributed by atoms with Crippen LogP contribution in [-0.4, -0.2) is 19.5 Å². The zero-order valence-corrected chi connectivity index (χ0v) is 10.1. The molecular weight excluding hydrogens is 252 g/mol. The van der Waals surface area contributed by atoms with Crippen molar-refractivity contribution in [2.75, 3.05) is 0 Å². The van der Waals surface area contributed by atoms with Crippen LogP contribution in [0, 0.1) is 0 Å². The Balaban J connectivity index is 2.03. The Kier molecular flexibility index (Phi) is 2.60. The van der Waals surface area contributed by atoms with Gasteiger partial charge in [-0.05, 0) is 17.7 Å². The Morgan fingerprint density at radius 1 is 1.22 bits per heavy atom. The molecule has 2 heterocycles. The third kappa shape index (κ3) is 1.89. The van der Waals surface area contributed by atoms with E-state index in [0.29, 0.717) is 22.7 Å². The number of rotatable bonds is 2. The summed E-state index contributed by atoms with van der Waals surface area (Å²) in [6.45, 7) is 0.601. The summed E-state index contributed by atoms with van der Waals surface area (Å²) >= 11 is 5.83. The van der Waals surface area contributed by atoms with Gasteiger partial charge in [0.2, 0.25) is 0 Å². The van der Waals surface area contributed by atoms with Gasteiger partial charge in [-0.15, -0.1) is 0 Å². The molecule has 0 bridgehead atoms.